The fraction of sp³-hybridized carbons (Fsp3) is 0.700. The van der Waals surface area contributed by atoms with Gasteiger partial charge in [-0.25, -0.2) is 0 Å². The predicted octanol–water partition coefficient (Wildman–Crippen LogP) is -0.000100. The maximum Gasteiger partial charge on any atom is 0.0638 e. The van der Waals surface area contributed by atoms with Crippen LogP contribution in [0.4, 0.5) is 0 Å². The van der Waals surface area contributed by atoms with Crippen LogP contribution in [0.15, 0.2) is 12.3 Å². The molecule has 0 amide bonds. The van der Waals surface area contributed by atoms with Gasteiger partial charge in [-0.1, -0.05) is 0 Å². The molecule has 0 aliphatic carbocycles. The molecule has 1 atom stereocenters. The van der Waals surface area contributed by atoms with Crippen LogP contribution in [0.1, 0.15) is 12.6 Å². The maximum atomic E-state index is 9.05. The van der Waals surface area contributed by atoms with Crippen molar-refractivity contribution in [1.82, 2.24) is 15.1 Å². The van der Waals surface area contributed by atoms with Crippen LogP contribution in [0.25, 0.3) is 0 Å². The Bertz CT molecular complexity index is 275. The van der Waals surface area contributed by atoms with Crippen molar-refractivity contribution in [3.63, 3.8) is 0 Å². The topological polar surface area (TPSA) is 59.3 Å². The second-order valence-electron chi connectivity index (χ2n) is 3.35. The van der Waals surface area contributed by atoms with E-state index in [2.05, 4.69) is 17.3 Å². The first-order valence-electron chi connectivity index (χ1n) is 5.15. The number of aryl methyl sites for hydroxylation is 1. The van der Waals surface area contributed by atoms with Gasteiger partial charge in [-0.3, -0.25) is 4.68 Å². The van der Waals surface area contributed by atoms with Crippen molar-refractivity contribution >= 4 is 0 Å². The summed E-state index contributed by atoms with van der Waals surface area (Å²) in [7, 11) is 1.63. The summed E-state index contributed by atoms with van der Waals surface area (Å²) >= 11 is 0. The molecule has 0 saturated carbocycles. The SMILES string of the molecule is CCn1nccc1CNC(CO)COC. The van der Waals surface area contributed by atoms with E-state index in [1.54, 1.807) is 13.3 Å². The molecule has 1 aromatic rings. The van der Waals surface area contributed by atoms with Crippen molar-refractivity contribution in [3.05, 3.63) is 18.0 Å². The standard InChI is InChI=1S/C10H19N3O2/c1-3-13-10(4-5-12-13)6-11-9(7-14)8-15-2/h4-5,9,11,14H,3,6-8H2,1-2H3. The van der Waals surface area contributed by atoms with Crippen molar-refractivity contribution in [2.45, 2.75) is 26.1 Å². The Morgan fingerprint density at radius 3 is 3.07 bits per heavy atom. The molecule has 1 aromatic heterocycles. The molecule has 1 heterocycles. The number of ether oxygens (including phenoxy) is 1. The zero-order chi connectivity index (χ0) is 11.1. The number of aromatic nitrogens is 2. The molecule has 0 aliphatic rings. The number of aliphatic hydroxyl groups is 1. The molecule has 0 aromatic carbocycles. The summed E-state index contributed by atoms with van der Waals surface area (Å²) in [6.07, 6.45) is 1.78. The summed E-state index contributed by atoms with van der Waals surface area (Å²) in [6.45, 7) is 4.19. The summed E-state index contributed by atoms with van der Waals surface area (Å²) in [4.78, 5) is 0. The van der Waals surface area contributed by atoms with E-state index in [4.69, 9.17) is 9.84 Å². The Labute approximate surface area is 90.1 Å². The minimum absolute atomic E-state index is 0.0183. The normalized spacial score (nSPS) is 13.0. The summed E-state index contributed by atoms with van der Waals surface area (Å²) in [6, 6.07) is 1.95. The largest absolute Gasteiger partial charge is 0.395 e. The lowest BCUT2D eigenvalue weighted by molar-refractivity contribution is 0.127. The first kappa shape index (κ1) is 12.2. The van der Waals surface area contributed by atoms with Crippen molar-refractivity contribution < 1.29 is 9.84 Å². The van der Waals surface area contributed by atoms with Crippen molar-refractivity contribution in [2.75, 3.05) is 20.3 Å². The van der Waals surface area contributed by atoms with Gasteiger partial charge in [-0.2, -0.15) is 5.10 Å². The molecule has 1 rings (SSSR count). The molecular weight excluding hydrogens is 194 g/mol. The lowest BCUT2D eigenvalue weighted by Gasteiger charge is -2.15. The minimum Gasteiger partial charge on any atom is -0.395 e. The van der Waals surface area contributed by atoms with Crippen molar-refractivity contribution in [2.24, 2.45) is 0 Å². The molecule has 5 heteroatoms. The molecule has 0 spiro atoms. The quantitative estimate of drug-likeness (QED) is 0.669. The van der Waals surface area contributed by atoms with E-state index < -0.39 is 0 Å². The van der Waals surface area contributed by atoms with Crippen LogP contribution in [0.3, 0.4) is 0 Å². The summed E-state index contributed by atoms with van der Waals surface area (Å²) in [5, 5.41) is 16.4. The van der Waals surface area contributed by atoms with Gasteiger partial charge < -0.3 is 15.2 Å². The van der Waals surface area contributed by atoms with Crippen LogP contribution < -0.4 is 5.32 Å². The summed E-state index contributed by atoms with van der Waals surface area (Å²) in [5.74, 6) is 0. The maximum absolute atomic E-state index is 9.05. The number of nitrogens with one attached hydrogen (secondary N) is 1. The molecule has 5 nitrogen and oxygen atoms in total. The molecule has 0 radical (unpaired) electrons. The zero-order valence-corrected chi connectivity index (χ0v) is 9.31. The van der Waals surface area contributed by atoms with Crippen LogP contribution >= 0.6 is 0 Å². The summed E-state index contributed by atoms with van der Waals surface area (Å²) < 4.78 is 6.90. The van der Waals surface area contributed by atoms with Crippen LogP contribution in [-0.4, -0.2) is 41.3 Å². The Kier molecular flexibility index (Phi) is 5.31. The Balaban J connectivity index is 2.41. The zero-order valence-electron chi connectivity index (χ0n) is 9.31. The molecule has 0 bridgehead atoms. The van der Waals surface area contributed by atoms with E-state index in [0.717, 1.165) is 12.2 Å². The average molecular weight is 213 g/mol. The highest BCUT2D eigenvalue weighted by Gasteiger charge is 2.07. The van der Waals surface area contributed by atoms with Gasteiger partial charge in [0.15, 0.2) is 0 Å². The number of rotatable bonds is 7. The first-order chi connectivity index (χ1) is 7.31. The van der Waals surface area contributed by atoms with Gasteiger partial charge in [-0.05, 0) is 13.0 Å². The molecule has 0 aliphatic heterocycles. The molecule has 0 saturated heterocycles. The lowest BCUT2D eigenvalue weighted by Crippen LogP contribution is -2.36. The first-order valence-corrected chi connectivity index (χ1v) is 5.15. The van der Waals surface area contributed by atoms with Crippen LogP contribution in [0.5, 0.6) is 0 Å². The second kappa shape index (κ2) is 6.55. The number of aliphatic hydroxyl groups excluding tert-OH is 1. The average Bonchev–Trinajstić information content (AvgIpc) is 2.71. The lowest BCUT2D eigenvalue weighted by atomic mass is 10.3. The highest BCUT2D eigenvalue weighted by Crippen LogP contribution is 1.98. The van der Waals surface area contributed by atoms with Crippen LogP contribution in [0.2, 0.25) is 0 Å². The fourth-order valence-corrected chi connectivity index (χ4v) is 1.42. The number of hydrogen-bond acceptors (Lipinski definition) is 4. The van der Waals surface area contributed by atoms with E-state index in [0.29, 0.717) is 13.2 Å². The van der Waals surface area contributed by atoms with Gasteiger partial charge >= 0.3 is 0 Å². The molecule has 0 fully saturated rings. The third-order valence-corrected chi connectivity index (χ3v) is 2.26. The van der Waals surface area contributed by atoms with Crippen LogP contribution in [0, 0.1) is 0 Å². The number of hydrogen-bond donors (Lipinski definition) is 2. The van der Waals surface area contributed by atoms with Gasteiger partial charge in [-0.15, -0.1) is 0 Å². The van der Waals surface area contributed by atoms with Crippen molar-refractivity contribution in [1.29, 1.82) is 0 Å². The molecule has 15 heavy (non-hydrogen) atoms. The Morgan fingerprint density at radius 1 is 1.67 bits per heavy atom. The predicted molar refractivity (Wildman–Crippen MR) is 57.5 cm³/mol. The van der Waals surface area contributed by atoms with Gasteiger partial charge in [0, 0.05) is 26.4 Å². The Hall–Kier alpha value is -0.910. The van der Waals surface area contributed by atoms with Gasteiger partial charge in [0.2, 0.25) is 0 Å². The number of methoxy groups -OCH3 is 1. The molecule has 86 valence electrons. The van der Waals surface area contributed by atoms with Crippen molar-refractivity contribution in [3.8, 4) is 0 Å². The molecule has 1 unspecified atom stereocenters. The summed E-state index contributed by atoms with van der Waals surface area (Å²) in [5.41, 5.74) is 1.12. The highest BCUT2D eigenvalue weighted by atomic mass is 16.5. The van der Waals surface area contributed by atoms with Crippen LogP contribution in [-0.2, 0) is 17.8 Å². The van der Waals surface area contributed by atoms with Gasteiger partial charge in [0.05, 0.1) is 24.9 Å². The van der Waals surface area contributed by atoms with E-state index >= 15 is 0 Å². The van der Waals surface area contributed by atoms with E-state index in [1.807, 2.05) is 10.7 Å². The molecular formula is C10H19N3O2. The smallest absolute Gasteiger partial charge is 0.0638 e. The fourth-order valence-electron chi connectivity index (χ4n) is 1.42. The highest BCUT2D eigenvalue weighted by molar-refractivity contribution is 5.00. The second-order valence-corrected chi connectivity index (χ2v) is 3.35. The van der Waals surface area contributed by atoms with Gasteiger partial charge in [0.25, 0.3) is 0 Å². The third kappa shape index (κ3) is 3.62. The number of nitrogens with zero attached hydrogens (tertiary/aromatic N) is 2. The third-order valence-electron chi connectivity index (χ3n) is 2.26. The van der Waals surface area contributed by atoms with E-state index in [9.17, 15) is 0 Å². The monoisotopic (exact) mass is 213 g/mol. The van der Waals surface area contributed by atoms with E-state index in [-0.39, 0.29) is 12.6 Å². The van der Waals surface area contributed by atoms with Gasteiger partial charge in [0.1, 0.15) is 0 Å². The van der Waals surface area contributed by atoms with E-state index in [1.165, 1.54) is 0 Å². The minimum atomic E-state index is -0.0183. The Morgan fingerprint density at radius 2 is 2.47 bits per heavy atom. The molecule has 2 N–H and O–H groups in total.